The zero-order valence-corrected chi connectivity index (χ0v) is 9.77. The molecule has 0 aliphatic heterocycles. The molecule has 0 amide bonds. The number of aliphatic hydroxyl groups is 1. The van der Waals surface area contributed by atoms with Crippen LogP contribution in [0.3, 0.4) is 0 Å². The van der Waals surface area contributed by atoms with Gasteiger partial charge in [0, 0.05) is 17.9 Å². The lowest BCUT2D eigenvalue weighted by molar-refractivity contribution is 0.250. The highest BCUT2D eigenvalue weighted by Gasteiger charge is 2.07. The van der Waals surface area contributed by atoms with Crippen LogP contribution >= 0.6 is 23.4 Å². The molecule has 0 aliphatic rings. The highest BCUT2D eigenvalue weighted by atomic mass is 35.5. The van der Waals surface area contributed by atoms with E-state index in [1.807, 2.05) is 13.8 Å². The fraction of sp³-hybridized carbons (Fsp3) is 0.556. The largest absolute Gasteiger partial charge is 0.396 e. The first-order valence-corrected chi connectivity index (χ1v) is 5.72. The third-order valence-electron chi connectivity index (χ3n) is 1.79. The third-order valence-corrected chi connectivity index (χ3v) is 3.59. The molecule has 1 heterocycles. The Kier molecular flexibility index (Phi) is 4.65. The summed E-state index contributed by atoms with van der Waals surface area (Å²) in [5, 5.41) is 10.3. The topological polar surface area (TPSA) is 46.0 Å². The lowest BCUT2D eigenvalue weighted by Gasteiger charge is -2.08. The molecule has 1 aromatic rings. The van der Waals surface area contributed by atoms with Crippen LogP contribution in [0.1, 0.15) is 12.5 Å². The second-order valence-electron chi connectivity index (χ2n) is 3.19. The Morgan fingerprint density at radius 3 is 2.93 bits per heavy atom. The molecule has 1 aromatic heterocycles. The number of hydrogen-bond acceptors (Lipinski definition) is 4. The summed E-state index contributed by atoms with van der Waals surface area (Å²) in [5.74, 6) is 1.11. The smallest absolute Gasteiger partial charge is 0.136 e. The first kappa shape index (κ1) is 11.8. The van der Waals surface area contributed by atoms with Gasteiger partial charge in [-0.2, -0.15) is 0 Å². The summed E-state index contributed by atoms with van der Waals surface area (Å²) in [7, 11) is 0. The molecule has 0 bridgehead atoms. The van der Waals surface area contributed by atoms with Gasteiger partial charge in [0.1, 0.15) is 16.5 Å². The molecule has 3 nitrogen and oxygen atoms in total. The highest BCUT2D eigenvalue weighted by Crippen LogP contribution is 2.24. The van der Waals surface area contributed by atoms with Crippen LogP contribution in [0.5, 0.6) is 0 Å². The molecule has 0 aliphatic carbocycles. The van der Waals surface area contributed by atoms with Gasteiger partial charge in [-0.3, -0.25) is 0 Å². The molecule has 1 unspecified atom stereocenters. The molecule has 0 saturated heterocycles. The van der Waals surface area contributed by atoms with Crippen molar-refractivity contribution in [3.8, 4) is 0 Å². The predicted octanol–water partition coefficient (Wildman–Crippen LogP) is 2.16. The van der Waals surface area contributed by atoms with Gasteiger partial charge in [-0.1, -0.05) is 18.5 Å². The van der Waals surface area contributed by atoms with Crippen molar-refractivity contribution in [2.24, 2.45) is 5.92 Å². The number of aromatic nitrogens is 2. The quantitative estimate of drug-likeness (QED) is 0.639. The Morgan fingerprint density at radius 1 is 1.57 bits per heavy atom. The molecular formula is C9H13ClN2OS. The van der Waals surface area contributed by atoms with E-state index in [1.165, 1.54) is 6.33 Å². The number of rotatable bonds is 4. The van der Waals surface area contributed by atoms with Crippen LogP contribution < -0.4 is 0 Å². The van der Waals surface area contributed by atoms with Crippen LogP contribution in [0.2, 0.25) is 5.15 Å². The Labute approximate surface area is 92.9 Å². The zero-order valence-electron chi connectivity index (χ0n) is 8.20. The van der Waals surface area contributed by atoms with Gasteiger partial charge in [-0.05, 0) is 12.8 Å². The average molecular weight is 233 g/mol. The van der Waals surface area contributed by atoms with Crippen molar-refractivity contribution in [2.45, 2.75) is 18.9 Å². The number of hydrogen-bond donors (Lipinski definition) is 1. The van der Waals surface area contributed by atoms with Gasteiger partial charge < -0.3 is 5.11 Å². The fourth-order valence-electron chi connectivity index (χ4n) is 0.833. The highest BCUT2D eigenvalue weighted by molar-refractivity contribution is 7.99. The lowest BCUT2D eigenvalue weighted by Crippen LogP contribution is -2.04. The van der Waals surface area contributed by atoms with Crippen molar-refractivity contribution in [3.05, 3.63) is 17.0 Å². The number of aliphatic hydroxyl groups excluding tert-OH is 1. The molecule has 1 N–H and O–H groups in total. The van der Waals surface area contributed by atoms with E-state index in [-0.39, 0.29) is 12.5 Å². The van der Waals surface area contributed by atoms with Crippen LogP contribution in [0.25, 0.3) is 0 Å². The van der Waals surface area contributed by atoms with Crippen molar-refractivity contribution in [3.63, 3.8) is 0 Å². The molecule has 0 radical (unpaired) electrons. The van der Waals surface area contributed by atoms with E-state index in [0.29, 0.717) is 5.15 Å². The first-order chi connectivity index (χ1) is 6.65. The minimum atomic E-state index is 0.199. The van der Waals surface area contributed by atoms with Gasteiger partial charge >= 0.3 is 0 Å². The SMILES string of the molecule is Cc1c(Cl)ncnc1SCC(C)CO. The number of thioether (sulfide) groups is 1. The summed E-state index contributed by atoms with van der Waals surface area (Å²) in [4.78, 5) is 8.01. The molecule has 5 heteroatoms. The van der Waals surface area contributed by atoms with E-state index in [1.54, 1.807) is 11.8 Å². The standard InChI is InChI=1S/C9H13ClN2OS/c1-6(3-13)4-14-9-7(2)8(10)11-5-12-9/h5-6,13H,3-4H2,1-2H3. The van der Waals surface area contributed by atoms with Gasteiger partial charge in [-0.15, -0.1) is 11.8 Å². The van der Waals surface area contributed by atoms with Crippen molar-refractivity contribution in [1.29, 1.82) is 0 Å². The van der Waals surface area contributed by atoms with Crippen molar-refractivity contribution >= 4 is 23.4 Å². The molecule has 78 valence electrons. The molecule has 14 heavy (non-hydrogen) atoms. The molecule has 1 rings (SSSR count). The summed E-state index contributed by atoms with van der Waals surface area (Å²) in [5.41, 5.74) is 0.907. The second-order valence-corrected chi connectivity index (χ2v) is 4.56. The normalized spacial score (nSPS) is 12.9. The minimum Gasteiger partial charge on any atom is -0.396 e. The maximum absolute atomic E-state index is 8.86. The molecule has 0 aromatic carbocycles. The minimum absolute atomic E-state index is 0.199. The Hall–Kier alpha value is -0.320. The van der Waals surface area contributed by atoms with Gasteiger partial charge in [0.25, 0.3) is 0 Å². The van der Waals surface area contributed by atoms with E-state index in [0.717, 1.165) is 16.3 Å². The number of nitrogens with zero attached hydrogens (tertiary/aromatic N) is 2. The summed E-state index contributed by atoms with van der Waals surface area (Å²) in [6.45, 7) is 4.09. The van der Waals surface area contributed by atoms with Crippen LogP contribution in [-0.4, -0.2) is 27.4 Å². The van der Waals surface area contributed by atoms with Crippen LogP contribution in [0, 0.1) is 12.8 Å². The zero-order chi connectivity index (χ0) is 10.6. The van der Waals surface area contributed by atoms with Gasteiger partial charge in [0.05, 0.1) is 0 Å². The first-order valence-electron chi connectivity index (χ1n) is 4.36. The molecule has 0 spiro atoms. The van der Waals surface area contributed by atoms with Gasteiger partial charge in [-0.25, -0.2) is 9.97 Å². The summed E-state index contributed by atoms with van der Waals surface area (Å²) in [6, 6.07) is 0. The van der Waals surface area contributed by atoms with Gasteiger partial charge in [0.2, 0.25) is 0 Å². The Balaban J connectivity index is 2.63. The van der Waals surface area contributed by atoms with Crippen molar-refractivity contribution in [1.82, 2.24) is 9.97 Å². The lowest BCUT2D eigenvalue weighted by atomic mass is 10.2. The predicted molar refractivity (Wildman–Crippen MR) is 58.8 cm³/mol. The van der Waals surface area contributed by atoms with Crippen molar-refractivity contribution < 1.29 is 5.11 Å². The van der Waals surface area contributed by atoms with E-state index in [9.17, 15) is 0 Å². The Morgan fingerprint density at radius 2 is 2.29 bits per heavy atom. The van der Waals surface area contributed by atoms with Crippen molar-refractivity contribution in [2.75, 3.05) is 12.4 Å². The maximum Gasteiger partial charge on any atom is 0.136 e. The fourth-order valence-corrected chi connectivity index (χ4v) is 2.01. The second kappa shape index (κ2) is 5.53. The van der Waals surface area contributed by atoms with Gasteiger partial charge in [0.15, 0.2) is 0 Å². The summed E-state index contributed by atoms with van der Waals surface area (Å²) >= 11 is 7.45. The third kappa shape index (κ3) is 3.12. The molecule has 0 saturated carbocycles. The monoisotopic (exact) mass is 232 g/mol. The van der Waals surface area contributed by atoms with E-state index in [4.69, 9.17) is 16.7 Å². The van der Waals surface area contributed by atoms with Crippen LogP contribution in [-0.2, 0) is 0 Å². The summed E-state index contributed by atoms with van der Waals surface area (Å²) in [6.07, 6.45) is 1.46. The van der Waals surface area contributed by atoms with E-state index >= 15 is 0 Å². The molecule has 1 atom stereocenters. The van der Waals surface area contributed by atoms with Crippen LogP contribution in [0.4, 0.5) is 0 Å². The molecular weight excluding hydrogens is 220 g/mol. The van der Waals surface area contributed by atoms with E-state index < -0.39 is 0 Å². The Bertz CT molecular complexity index is 309. The average Bonchev–Trinajstić information content (AvgIpc) is 2.20. The molecule has 0 fully saturated rings. The van der Waals surface area contributed by atoms with Crippen LogP contribution in [0.15, 0.2) is 11.4 Å². The summed E-state index contributed by atoms with van der Waals surface area (Å²) < 4.78 is 0. The number of halogens is 1. The van der Waals surface area contributed by atoms with E-state index in [2.05, 4.69) is 9.97 Å². The maximum atomic E-state index is 8.86.